The SMILES string of the molecule is COc1ccc(CC(N)Cc2ccccc2Cl)cn1. The van der Waals surface area contributed by atoms with Gasteiger partial charge in [-0.1, -0.05) is 35.9 Å². The van der Waals surface area contributed by atoms with Gasteiger partial charge in [-0.25, -0.2) is 4.98 Å². The third-order valence-corrected chi connectivity index (χ3v) is 3.31. The summed E-state index contributed by atoms with van der Waals surface area (Å²) in [6, 6.07) is 11.6. The minimum atomic E-state index is 0.0232. The Labute approximate surface area is 118 Å². The zero-order chi connectivity index (χ0) is 13.7. The second-order valence-electron chi connectivity index (χ2n) is 4.47. The Morgan fingerprint density at radius 1 is 1.21 bits per heavy atom. The minimum absolute atomic E-state index is 0.0232. The van der Waals surface area contributed by atoms with Gasteiger partial charge in [-0.2, -0.15) is 0 Å². The first-order valence-electron chi connectivity index (χ1n) is 6.17. The van der Waals surface area contributed by atoms with Crippen molar-refractivity contribution in [3.8, 4) is 5.88 Å². The Kier molecular flexibility index (Phi) is 4.77. The number of rotatable bonds is 5. The van der Waals surface area contributed by atoms with Gasteiger partial charge in [0.25, 0.3) is 0 Å². The van der Waals surface area contributed by atoms with Crippen molar-refractivity contribution in [1.82, 2.24) is 4.98 Å². The molecule has 2 aromatic rings. The summed E-state index contributed by atoms with van der Waals surface area (Å²) in [6.07, 6.45) is 3.32. The van der Waals surface area contributed by atoms with Gasteiger partial charge in [0, 0.05) is 23.3 Å². The van der Waals surface area contributed by atoms with Crippen molar-refractivity contribution >= 4 is 11.6 Å². The van der Waals surface area contributed by atoms with E-state index in [0.29, 0.717) is 5.88 Å². The molecule has 0 radical (unpaired) electrons. The molecule has 0 aliphatic heterocycles. The first kappa shape index (κ1) is 13.8. The van der Waals surface area contributed by atoms with E-state index in [1.165, 1.54) is 0 Å². The van der Waals surface area contributed by atoms with E-state index in [2.05, 4.69) is 4.98 Å². The van der Waals surface area contributed by atoms with Crippen molar-refractivity contribution in [3.05, 3.63) is 58.7 Å². The van der Waals surface area contributed by atoms with Gasteiger partial charge in [0.05, 0.1) is 7.11 Å². The van der Waals surface area contributed by atoms with Crippen molar-refractivity contribution in [2.75, 3.05) is 7.11 Å². The van der Waals surface area contributed by atoms with Gasteiger partial charge in [0.1, 0.15) is 0 Å². The maximum Gasteiger partial charge on any atom is 0.212 e. The first-order valence-corrected chi connectivity index (χ1v) is 6.54. The average molecular weight is 277 g/mol. The summed E-state index contributed by atoms with van der Waals surface area (Å²) < 4.78 is 5.03. The molecular weight excluding hydrogens is 260 g/mol. The summed E-state index contributed by atoms with van der Waals surface area (Å²) >= 11 is 6.13. The highest BCUT2D eigenvalue weighted by atomic mass is 35.5. The average Bonchev–Trinajstić information content (AvgIpc) is 2.42. The van der Waals surface area contributed by atoms with E-state index in [4.69, 9.17) is 22.1 Å². The van der Waals surface area contributed by atoms with Crippen LogP contribution in [0, 0.1) is 0 Å². The molecule has 1 aromatic heterocycles. The van der Waals surface area contributed by atoms with Gasteiger partial charge in [0.15, 0.2) is 0 Å². The standard InChI is InChI=1S/C15H17ClN2O/c1-19-15-7-6-11(10-18-15)8-13(17)9-12-4-2-3-5-14(12)16/h2-7,10,13H,8-9,17H2,1H3. The highest BCUT2D eigenvalue weighted by Gasteiger charge is 2.08. The van der Waals surface area contributed by atoms with E-state index in [-0.39, 0.29) is 6.04 Å². The Hall–Kier alpha value is -1.58. The molecule has 0 amide bonds. The zero-order valence-electron chi connectivity index (χ0n) is 10.8. The van der Waals surface area contributed by atoms with Crippen molar-refractivity contribution < 1.29 is 4.74 Å². The van der Waals surface area contributed by atoms with Crippen LogP contribution in [-0.4, -0.2) is 18.1 Å². The molecule has 0 saturated heterocycles. The van der Waals surface area contributed by atoms with Crippen LogP contribution in [0.15, 0.2) is 42.6 Å². The van der Waals surface area contributed by atoms with Gasteiger partial charge < -0.3 is 10.5 Å². The highest BCUT2D eigenvalue weighted by molar-refractivity contribution is 6.31. The predicted molar refractivity (Wildman–Crippen MR) is 77.6 cm³/mol. The second kappa shape index (κ2) is 6.55. The number of benzene rings is 1. The number of halogens is 1. The maximum atomic E-state index is 6.16. The van der Waals surface area contributed by atoms with Crippen LogP contribution < -0.4 is 10.5 Å². The summed E-state index contributed by atoms with van der Waals surface area (Å²) in [5.74, 6) is 0.614. The quantitative estimate of drug-likeness (QED) is 0.913. The molecule has 0 spiro atoms. The Morgan fingerprint density at radius 2 is 2.00 bits per heavy atom. The molecule has 2 rings (SSSR count). The topological polar surface area (TPSA) is 48.1 Å². The van der Waals surface area contributed by atoms with E-state index in [0.717, 1.165) is 29.0 Å². The lowest BCUT2D eigenvalue weighted by Crippen LogP contribution is -2.25. The highest BCUT2D eigenvalue weighted by Crippen LogP contribution is 2.17. The van der Waals surface area contributed by atoms with E-state index < -0.39 is 0 Å². The monoisotopic (exact) mass is 276 g/mol. The fourth-order valence-corrected chi connectivity index (χ4v) is 2.19. The molecule has 1 unspecified atom stereocenters. The van der Waals surface area contributed by atoms with Gasteiger partial charge in [-0.05, 0) is 30.0 Å². The lowest BCUT2D eigenvalue weighted by atomic mass is 10.0. The van der Waals surface area contributed by atoms with Gasteiger partial charge in [-0.15, -0.1) is 0 Å². The minimum Gasteiger partial charge on any atom is -0.481 e. The molecule has 0 bridgehead atoms. The number of aromatic nitrogens is 1. The molecule has 0 saturated carbocycles. The van der Waals surface area contributed by atoms with Crippen molar-refractivity contribution in [2.45, 2.75) is 18.9 Å². The summed E-state index contributed by atoms with van der Waals surface area (Å²) in [4.78, 5) is 4.17. The molecule has 0 aliphatic carbocycles. The number of methoxy groups -OCH3 is 1. The number of nitrogens with two attached hydrogens (primary N) is 1. The molecule has 3 nitrogen and oxygen atoms in total. The van der Waals surface area contributed by atoms with Crippen LogP contribution in [-0.2, 0) is 12.8 Å². The molecule has 4 heteroatoms. The van der Waals surface area contributed by atoms with Crippen LogP contribution in [0.2, 0.25) is 5.02 Å². The van der Waals surface area contributed by atoms with Crippen LogP contribution in [0.4, 0.5) is 0 Å². The van der Waals surface area contributed by atoms with Crippen molar-refractivity contribution in [3.63, 3.8) is 0 Å². The van der Waals surface area contributed by atoms with Gasteiger partial charge in [-0.3, -0.25) is 0 Å². The molecule has 1 heterocycles. The molecular formula is C15H17ClN2O. The number of pyridine rings is 1. The van der Waals surface area contributed by atoms with Crippen LogP contribution in [0.5, 0.6) is 5.88 Å². The molecule has 19 heavy (non-hydrogen) atoms. The molecule has 0 aliphatic rings. The Morgan fingerprint density at radius 3 is 2.63 bits per heavy atom. The zero-order valence-corrected chi connectivity index (χ0v) is 11.6. The van der Waals surface area contributed by atoms with E-state index in [1.807, 2.05) is 36.4 Å². The number of hydrogen-bond acceptors (Lipinski definition) is 3. The summed E-state index contributed by atoms with van der Waals surface area (Å²) in [5, 5.41) is 0.769. The Balaban J connectivity index is 1.97. The molecule has 2 N–H and O–H groups in total. The third kappa shape index (κ3) is 3.94. The maximum absolute atomic E-state index is 6.16. The Bertz CT molecular complexity index is 528. The lowest BCUT2D eigenvalue weighted by molar-refractivity contribution is 0.397. The number of ether oxygens (including phenoxy) is 1. The lowest BCUT2D eigenvalue weighted by Gasteiger charge is -2.12. The van der Waals surface area contributed by atoms with Gasteiger partial charge >= 0.3 is 0 Å². The second-order valence-corrected chi connectivity index (χ2v) is 4.88. The summed E-state index contributed by atoms with van der Waals surface area (Å²) in [7, 11) is 1.60. The van der Waals surface area contributed by atoms with Crippen molar-refractivity contribution in [2.24, 2.45) is 5.73 Å². The largest absolute Gasteiger partial charge is 0.481 e. The van der Waals surface area contributed by atoms with E-state index in [1.54, 1.807) is 13.3 Å². The molecule has 0 fully saturated rings. The molecule has 100 valence electrons. The van der Waals surface area contributed by atoms with Crippen LogP contribution >= 0.6 is 11.6 Å². The normalized spacial score (nSPS) is 12.2. The number of nitrogens with zero attached hydrogens (tertiary/aromatic N) is 1. The molecule has 1 aromatic carbocycles. The van der Waals surface area contributed by atoms with Crippen LogP contribution in [0.1, 0.15) is 11.1 Å². The predicted octanol–water partition coefficient (Wildman–Crippen LogP) is 2.86. The fraction of sp³-hybridized carbons (Fsp3) is 0.267. The summed E-state index contributed by atoms with van der Waals surface area (Å²) in [6.45, 7) is 0. The van der Waals surface area contributed by atoms with Crippen LogP contribution in [0.3, 0.4) is 0 Å². The third-order valence-electron chi connectivity index (χ3n) is 2.94. The van der Waals surface area contributed by atoms with Gasteiger partial charge in [0.2, 0.25) is 5.88 Å². The van der Waals surface area contributed by atoms with E-state index in [9.17, 15) is 0 Å². The van der Waals surface area contributed by atoms with E-state index >= 15 is 0 Å². The summed E-state index contributed by atoms with van der Waals surface area (Å²) in [5.41, 5.74) is 8.34. The fourth-order valence-electron chi connectivity index (χ4n) is 1.97. The molecule has 1 atom stereocenters. The van der Waals surface area contributed by atoms with Crippen molar-refractivity contribution in [1.29, 1.82) is 0 Å². The number of hydrogen-bond donors (Lipinski definition) is 1. The first-order chi connectivity index (χ1) is 9.19. The van der Waals surface area contributed by atoms with Crippen LogP contribution in [0.25, 0.3) is 0 Å². The smallest absolute Gasteiger partial charge is 0.212 e.